The van der Waals surface area contributed by atoms with Crippen molar-refractivity contribution in [3.8, 4) is 0 Å². The van der Waals surface area contributed by atoms with Crippen molar-refractivity contribution in [1.29, 1.82) is 0 Å². The van der Waals surface area contributed by atoms with Gasteiger partial charge in [0.2, 0.25) is 0 Å². The maximum atomic E-state index is 6.84. The number of halogens is 1. The van der Waals surface area contributed by atoms with E-state index in [1.54, 1.807) is 13.3 Å². The number of rotatable bonds is 8. The summed E-state index contributed by atoms with van der Waals surface area (Å²) in [4.78, 5) is 4.32. The van der Waals surface area contributed by atoms with Crippen LogP contribution in [-0.2, 0) is 25.2 Å². The molecular weight excluding hydrogens is 474 g/mol. The fraction of sp³-hybridized carbons (Fsp3) is 0.542. The van der Waals surface area contributed by atoms with Crippen LogP contribution in [0.15, 0.2) is 53.3 Å². The lowest BCUT2D eigenvalue weighted by Gasteiger charge is -2.40. The van der Waals surface area contributed by atoms with Gasteiger partial charge in [0.25, 0.3) is 0 Å². The lowest BCUT2D eigenvalue weighted by molar-refractivity contribution is -0.0468. The number of hydrogen-bond donors (Lipinski definition) is 0. The summed E-state index contributed by atoms with van der Waals surface area (Å²) in [5.74, 6) is 0. The quantitative estimate of drug-likeness (QED) is 0.415. The zero-order valence-electron chi connectivity index (χ0n) is 19.3. The van der Waals surface area contributed by atoms with Crippen LogP contribution in [0.25, 0.3) is 0 Å². The van der Waals surface area contributed by atoms with E-state index in [0.29, 0.717) is 13.2 Å². The molecule has 1 aliphatic heterocycles. The second kappa shape index (κ2) is 10.2. The van der Waals surface area contributed by atoms with Crippen LogP contribution in [0.3, 0.4) is 0 Å². The van der Waals surface area contributed by atoms with Crippen molar-refractivity contribution in [3.63, 3.8) is 0 Å². The zero-order chi connectivity index (χ0) is 22.6. The summed E-state index contributed by atoms with van der Waals surface area (Å²) in [6.07, 6.45) is 2.64. The van der Waals surface area contributed by atoms with E-state index in [0.717, 1.165) is 15.6 Å². The van der Waals surface area contributed by atoms with Gasteiger partial charge in [-0.15, -0.1) is 0 Å². The number of hydrogen-bond acceptors (Lipinski definition) is 5. The van der Waals surface area contributed by atoms with Gasteiger partial charge in [0.1, 0.15) is 24.4 Å². The zero-order valence-corrected chi connectivity index (χ0v) is 21.9. The first-order chi connectivity index (χ1) is 14.6. The second-order valence-corrected chi connectivity index (χ2v) is 15.2. The van der Waals surface area contributed by atoms with E-state index in [2.05, 4.69) is 66.9 Å². The molecule has 170 valence electrons. The Hall–Kier alpha value is -1.09. The Labute approximate surface area is 195 Å². The van der Waals surface area contributed by atoms with Crippen molar-refractivity contribution in [2.75, 3.05) is 13.7 Å². The number of methoxy groups -OCH3 is 1. The van der Waals surface area contributed by atoms with Crippen molar-refractivity contribution in [2.45, 2.75) is 69.9 Å². The number of nitrogens with zero attached hydrogens (tertiary/aromatic N) is 1. The molecule has 4 unspecified atom stereocenters. The summed E-state index contributed by atoms with van der Waals surface area (Å²) < 4.78 is 26.3. The van der Waals surface area contributed by atoms with Gasteiger partial charge in [0.05, 0.1) is 13.2 Å². The van der Waals surface area contributed by atoms with Crippen molar-refractivity contribution in [1.82, 2.24) is 4.98 Å². The largest absolute Gasteiger partial charge is 0.408 e. The summed E-state index contributed by atoms with van der Waals surface area (Å²) >= 11 is 3.52. The molecular formula is C24H34BrNO4Si. The minimum Gasteiger partial charge on any atom is -0.408 e. The first kappa shape index (κ1) is 24.5. The van der Waals surface area contributed by atoms with Crippen LogP contribution in [0.2, 0.25) is 18.1 Å². The van der Waals surface area contributed by atoms with Crippen molar-refractivity contribution in [2.24, 2.45) is 0 Å². The van der Waals surface area contributed by atoms with E-state index in [-0.39, 0.29) is 29.5 Å². The molecule has 1 saturated heterocycles. The Bertz CT molecular complexity index is 843. The third-order valence-electron chi connectivity index (χ3n) is 6.27. The lowest BCUT2D eigenvalue weighted by Crippen LogP contribution is -2.50. The molecule has 0 bridgehead atoms. The molecule has 31 heavy (non-hydrogen) atoms. The summed E-state index contributed by atoms with van der Waals surface area (Å²) in [6.45, 7) is 12.2. The minimum absolute atomic E-state index is 0.0795. The Kier molecular flexibility index (Phi) is 8.10. The second-order valence-electron chi connectivity index (χ2n) is 9.58. The highest BCUT2D eigenvalue weighted by molar-refractivity contribution is 9.10. The van der Waals surface area contributed by atoms with Gasteiger partial charge >= 0.3 is 0 Å². The van der Waals surface area contributed by atoms with Gasteiger partial charge in [-0.25, -0.2) is 0 Å². The highest BCUT2D eigenvalue weighted by atomic mass is 79.9. The van der Waals surface area contributed by atoms with Gasteiger partial charge in [-0.3, -0.25) is 4.98 Å². The first-order valence-corrected chi connectivity index (χ1v) is 14.4. The van der Waals surface area contributed by atoms with E-state index in [1.165, 1.54) is 0 Å². The molecule has 7 heteroatoms. The molecule has 2 heterocycles. The number of ether oxygens (including phenoxy) is 3. The fourth-order valence-corrected chi connectivity index (χ4v) is 5.20. The summed E-state index contributed by atoms with van der Waals surface area (Å²) in [7, 11) is -0.331. The Balaban J connectivity index is 1.81. The van der Waals surface area contributed by atoms with Crippen molar-refractivity contribution >= 4 is 24.2 Å². The van der Waals surface area contributed by atoms with Crippen LogP contribution in [-0.4, -0.2) is 45.3 Å². The highest BCUT2D eigenvalue weighted by Gasteiger charge is 2.51. The normalized spacial score (nSPS) is 24.5. The maximum absolute atomic E-state index is 6.84. The molecule has 0 amide bonds. The van der Waals surface area contributed by atoms with Crippen LogP contribution < -0.4 is 0 Å². The standard InChI is InChI=1S/C24H34BrNO4Si/c1-24(2,3)31(5,6)30-22-20(16-28-15-17-10-8-7-9-11-17)29-21(23(22)27-4)18-12-19(25)14-26-13-18/h7-14,20-23H,15-16H2,1-6H3. The molecule has 0 spiro atoms. The molecule has 0 aliphatic carbocycles. The molecule has 4 atom stereocenters. The predicted octanol–water partition coefficient (Wildman–Crippen LogP) is 5.91. The van der Waals surface area contributed by atoms with E-state index < -0.39 is 8.32 Å². The summed E-state index contributed by atoms with van der Waals surface area (Å²) in [5.41, 5.74) is 2.11. The molecule has 0 radical (unpaired) electrons. The molecule has 5 nitrogen and oxygen atoms in total. The summed E-state index contributed by atoms with van der Waals surface area (Å²) in [5, 5.41) is 0.0795. The smallest absolute Gasteiger partial charge is 0.192 e. The molecule has 1 aromatic heterocycles. The van der Waals surface area contributed by atoms with Crippen LogP contribution in [0, 0.1) is 0 Å². The number of aromatic nitrogens is 1. The van der Waals surface area contributed by atoms with Gasteiger partial charge in [-0.05, 0) is 45.7 Å². The van der Waals surface area contributed by atoms with Crippen molar-refractivity contribution < 1.29 is 18.6 Å². The average Bonchev–Trinajstić information content (AvgIpc) is 3.05. The molecule has 1 aliphatic rings. The molecule has 1 aromatic carbocycles. The number of benzene rings is 1. The minimum atomic E-state index is -2.05. The van der Waals surface area contributed by atoms with Gasteiger partial charge in [0.15, 0.2) is 8.32 Å². The third kappa shape index (κ3) is 6.03. The lowest BCUT2D eigenvalue weighted by atomic mass is 10.0. The van der Waals surface area contributed by atoms with Gasteiger partial charge in [-0.2, -0.15) is 0 Å². The molecule has 3 rings (SSSR count). The number of pyridine rings is 1. The highest BCUT2D eigenvalue weighted by Crippen LogP contribution is 2.43. The van der Waals surface area contributed by atoms with Gasteiger partial charge in [0, 0.05) is 29.5 Å². The SMILES string of the molecule is COC1C(c2cncc(Br)c2)OC(COCc2ccccc2)C1O[Si](C)(C)C(C)(C)C. The van der Waals surface area contributed by atoms with Gasteiger partial charge in [-0.1, -0.05) is 51.1 Å². The van der Waals surface area contributed by atoms with Crippen LogP contribution in [0.4, 0.5) is 0 Å². The molecule has 2 aromatic rings. The predicted molar refractivity (Wildman–Crippen MR) is 129 cm³/mol. The van der Waals surface area contributed by atoms with Crippen LogP contribution >= 0.6 is 15.9 Å². The Morgan fingerprint density at radius 3 is 2.42 bits per heavy atom. The monoisotopic (exact) mass is 507 g/mol. The molecule has 1 fully saturated rings. The third-order valence-corrected chi connectivity index (χ3v) is 11.2. The van der Waals surface area contributed by atoms with E-state index in [1.807, 2.05) is 30.5 Å². The Morgan fingerprint density at radius 2 is 1.81 bits per heavy atom. The molecule has 0 saturated carbocycles. The van der Waals surface area contributed by atoms with Gasteiger partial charge < -0.3 is 18.6 Å². The fourth-order valence-electron chi connectivity index (χ4n) is 3.50. The van der Waals surface area contributed by atoms with Crippen LogP contribution in [0.1, 0.15) is 38.0 Å². The van der Waals surface area contributed by atoms with Crippen LogP contribution in [0.5, 0.6) is 0 Å². The maximum Gasteiger partial charge on any atom is 0.192 e. The van der Waals surface area contributed by atoms with Crippen molar-refractivity contribution in [3.05, 3.63) is 64.4 Å². The first-order valence-electron chi connectivity index (χ1n) is 10.7. The van der Waals surface area contributed by atoms with E-state index in [4.69, 9.17) is 18.6 Å². The topological polar surface area (TPSA) is 49.8 Å². The summed E-state index contributed by atoms with van der Waals surface area (Å²) in [6, 6.07) is 12.2. The van der Waals surface area contributed by atoms with E-state index >= 15 is 0 Å². The molecule has 0 N–H and O–H groups in total. The average molecular weight is 509 g/mol. The Morgan fingerprint density at radius 1 is 1.10 bits per heavy atom. The van der Waals surface area contributed by atoms with E-state index in [9.17, 15) is 0 Å².